The quantitative estimate of drug-likeness (QED) is 0.324. The standard InChI is InChI=1S/C22H33O4/c1-3-4-5-6-7-8-9-10-11-15-18-25-21(23)19(2)26-22(24)20-16-13-12-14-17-20/h13-14,16-17,19H,3-11,15,18H2,1-2H3. The molecular formula is C22H33O4. The van der Waals surface area contributed by atoms with E-state index in [0.29, 0.717) is 12.2 Å². The molecule has 0 aliphatic carbocycles. The van der Waals surface area contributed by atoms with E-state index in [1.165, 1.54) is 58.3 Å². The van der Waals surface area contributed by atoms with Gasteiger partial charge in [-0.2, -0.15) is 0 Å². The molecule has 0 aliphatic heterocycles. The van der Waals surface area contributed by atoms with Crippen LogP contribution in [-0.4, -0.2) is 24.6 Å². The molecule has 0 spiro atoms. The maximum Gasteiger partial charge on any atom is 0.347 e. The van der Waals surface area contributed by atoms with Gasteiger partial charge in [0.05, 0.1) is 12.2 Å². The van der Waals surface area contributed by atoms with Crippen LogP contribution in [0.5, 0.6) is 0 Å². The number of hydrogen-bond donors (Lipinski definition) is 0. The number of esters is 2. The van der Waals surface area contributed by atoms with Crippen molar-refractivity contribution in [2.75, 3.05) is 6.61 Å². The fourth-order valence-corrected chi connectivity index (χ4v) is 2.68. The van der Waals surface area contributed by atoms with Crippen molar-refractivity contribution in [1.29, 1.82) is 0 Å². The number of carbonyl (C=O) groups is 2. The fraction of sp³-hybridized carbons (Fsp3) is 0.636. The highest BCUT2D eigenvalue weighted by molar-refractivity contribution is 5.91. The summed E-state index contributed by atoms with van der Waals surface area (Å²) in [7, 11) is 0. The van der Waals surface area contributed by atoms with Crippen molar-refractivity contribution in [2.24, 2.45) is 0 Å². The molecule has 4 heteroatoms. The lowest BCUT2D eigenvalue weighted by Crippen LogP contribution is -2.26. The summed E-state index contributed by atoms with van der Waals surface area (Å²) in [4.78, 5) is 23.7. The Labute approximate surface area is 158 Å². The molecule has 1 atom stereocenters. The summed E-state index contributed by atoms with van der Waals surface area (Å²) in [5.41, 5.74) is 0.401. The van der Waals surface area contributed by atoms with Gasteiger partial charge in [-0.05, 0) is 31.5 Å². The smallest absolute Gasteiger partial charge is 0.347 e. The molecule has 1 aromatic carbocycles. The van der Waals surface area contributed by atoms with Crippen LogP contribution >= 0.6 is 0 Å². The lowest BCUT2D eigenvalue weighted by atomic mass is 10.1. The Morgan fingerprint density at radius 2 is 1.46 bits per heavy atom. The zero-order valence-electron chi connectivity index (χ0n) is 16.3. The molecule has 26 heavy (non-hydrogen) atoms. The lowest BCUT2D eigenvalue weighted by Gasteiger charge is -2.12. The van der Waals surface area contributed by atoms with Gasteiger partial charge >= 0.3 is 11.9 Å². The molecule has 0 N–H and O–H groups in total. The monoisotopic (exact) mass is 361 g/mol. The molecule has 1 unspecified atom stereocenters. The Kier molecular flexibility index (Phi) is 12.2. The number of carbonyl (C=O) groups excluding carboxylic acids is 2. The van der Waals surface area contributed by atoms with E-state index in [9.17, 15) is 9.59 Å². The first-order valence-electron chi connectivity index (χ1n) is 9.99. The SMILES string of the molecule is CCCCCCCCCCCCOC(=O)C(C)OC(=O)c1cc[c]cc1. The molecule has 0 saturated carbocycles. The Morgan fingerprint density at radius 3 is 2.04 bits per heavy atom. The maximum absolute atomic E-state index is 11.9. The molecule has 0 heterocycles. The van der Waals surface area contributed by atoms with Crippen LogP contribution in [-0.2, 0) is 14.3 Å². The molecule has 1 radical (unpaired) electrons. The van der Waals surface area contributed by atoms with Crippen LogP contribution in [0.25, 0.3) is 0 Å². The number of ether oxygens (including phenoxy) is 2. The predicted molar refractivity (Wildman–Crippen MR) is 103 cm³/mol. The first kappa shape index (κ1) is 22.2. The van der Waals surface area contributed by atoms with E-state index < -0.39 is 18.0 Å². The van der Waals surface area contributed by atoms with Crippen LogP contribution in [0.2, 0.25) is 0 Å². The fourth-order valence-electron chi connectivity index (χ4n) is 2.68. The van der Waals surface area contributed by atoms with Crippen molar-refractivity contribution in [3.8, 4) is 0 Å². The predicted octanol–water partition coefficient (Wildman–Crippen LogP) is 5.50. The molecule has 0 saturated heterocycles. The summed E-state index contributed by atoms with van der Waals surface area (Å²) in [6.07, 6.45) is 11.4. The summed E-state index contributed by atoms with van der Waals surface area (Å²) in [6, 6.07) is 9.29. The van der Waals surface area contributed by atoms with Gasteiger partial charge in [-0.3, -0.25) is 0 Å². The van der Waals surface area contributed by atoms with Gasteiger partial charge < -0.3 is 9.47 Å². The Balaban J connectivity index is 2.01. The zero-order chi connectivity index (χ0) is 19.0. The minimum atomic E-state index is -0.894. The summed E-state index contributed by atoms with van der Waals surface area (Å²) in [6.45, 7) is 4.16. The van der Waals surface area contributed by atoms with Crippen molar-refractivity contribution in [2.45, 2.75) is 84.2 Å². The molecule has 145 valence electrons. The maximum atomic E-state index is 11.9. The van der Waals surface area contributed by atoms with E-state index in [-0.39, 0.29) is 0 Å². The summed E-state index contributed by atoms with van der Waals surface area (Å²) >= 11 is 0. The van der Waals surface area contributed by atoms with Gasteiger partial charge in [0, 0.05) is 0 Å². The topological polar surface area (TPSA) is 52.6 Å². The first-order valence-corrected chi connectivity index (χ1v) is 9.99. The van der Waals surface area contributed by atoms with E-state index in [0.717, 1.165) is 12.8 Å². The van der Waals surface area contributed by atoms with Crippen molar-refractivity contribution < 1.29 is 19.1 Å². The van der Waals surface area contributed by atoms with Crippen LogP contribution in [0.4, 0.5) is 0 Å². The van der Waals surface area contributed by atoms with E-state index >= 15 is 0 Å². The highest BCUT2D eigenvalue weighted by Gasteiger charge is 2.19. The van der Waals surface area contributed by atoms with Crippen molar-refractivity contribution in [1.82, 2.24) is 0 Å². The molecule has 0 fully saturated rings. The Morgan fingerprint density at radius 1 is 0.923 bits per heavy atom. The normalized spacial score (nSPS) is 11.8. The van der Waals surface area contributed by atoms with Gasteiger partial charge in [0.1, 0.15) is 0 Å². The van der Waals surface area contributed by atoms with E-state index in [1.807, 2.05) is 0 Å². The zero-order valence-corrected chi connectivity index (χ0v) is 16.3. The Hall–Kier alpha value is -1.84. The lowest BCUT2D eigenvalue weighted by molar-refractivity contribution is -0.153. The third-order valence-corrected chi connectivity index (χ3v) is 4.31. The van der Waals surface area contributed by atoms with Crippen LogP contribution in [0, 0.1) is 6.07 Å². The average Bonchev–Trinajstić information content (AvgIpc) is 2.66. The Bertz CT molecular complexity index is 498. The van der Waals surface area contributed by atoms with Crippen LogP contribution in [0.15, 0.2) is 24.3 Å². The number of benzene rings is 1. The van der Waals surface area contributed by atoms with Gasteiger partial charge in [0.2, 0.25) is 0 Å². The summed E-state index contributed by atoms with van der Waals surface area (Å²) in [5.74, 6) is -1.01. The molecule has 4 nitrogen and oxygen atoms in total. The largest absolute Gasteiger partial charge is 0.463 e. The molecule has 0 bridgehead atoms. The van der Waals surface area contributed by atoms with E-state index in [4.69, 9.17) is 9.47 Å². The second kappa shape index (κ2) is 14.3. The van der Waals surface area contributed by atoms with Crippen LogP contribution in [0.3, 0.4) is 0 Å². The van der Waals surface area contributed by atoms with Gasteiger partial charge in [0.25, 0.3) is 0 Å². The van der Waals surface area contributed by atoms with E-state index in [1.54, 1.807) is 24.3 Å². The molecule has 0 amide bonds. The molecule has 0 aromatic heterocycles. The van der Waals surface area contributed by atoms with Gasteiger partial charge in [-0.15, -0.1) is 0 Å². The molecule has 1 rings (SSSR count). The van der Waals surface area contributed by atoms with Gasteiger partial charge in [-0.1, -0.05) is 76.8 Å². The van der Waals surface area contributed by atoms with Crippen molar-refractivity contribution in [3.63, 3.8) is 0 Å². The number of unbranched alkanes of at least 4 members (excludes halogenated alkanes) is 9. The minimum Gasteiger partial charge on any atom is -0.463 e. The summed E-state index contributed by atoms with van der Waals surface area (Å²) in [5, 5.41) is 0. The molecular weight excluding hydrogens is 328 g/mol. The van der Waals surface area contributed by atoms with Gasteiger partial charge in [0.15, 0.2) is 6.10 Å². The van der Waals surface area contributed by atoms with Crippen LogP contribution < -0.4 is 0 Å². The van der Waals surface area contributed by atoms with E-state index in [2.05, 4.69) is 13.0 Å². The number of rotatable bonds is 14. The second-order valence-electron chi connectivity index (χ2n) is 6.69. The minimum absolute atomic E-state index is 0.386. The third-order valence-electron chi connectivity index (χ3n) is 4.31. The summed E-state index contributed by atoms with van der Waals surface area (Å²) < 4.78 is 10.3. The van der Waals surface area contributed by atoms with Gasteiger partial charge in [-0.25, -0.2) is 9.59 Å². The third kappa shape index (κ3) is 10.2. The van der Waals surface area contributed by atoms with Crippen molar-refractivity contribution in [3.05, 3.63) is 35.9 Å². The van der Waals surface area contributed by atoms with Crippen molar-refractivity contribution >= 4 is 11.9 Å². The molecule has 0 aliphatic rings. The highest BCUT2D eigenvalue weighted by atomic mass is 16.6. The average molecular weight is 362 g/mol. The number of hydrogen-bond acceptors (Lipinski definition) is 4. The second-order valence-corrected chi connectivity index (χ2v) is 6.69. The molecule has 1 aromatic rings. The first-order chi connectivity index (χ1) is 12.6. The van der Waals surface area contributed by atoms with Crippen LogP contribution in [0.1, 0.15) is 88.4 Å². The highest BCUT2D eigenvalue weighted by Crippen LogP contribution is 2.11.